The molecule has 2 rings (SSSR count). The van der Waals surface area contributed by atoms with Crippen LogP contribution in [-0.4, -0.2) is 23.7 Å². The van der Waals surface area contributed by atoms with Gasteiger partial charge in [0.25, 0.3) is 0 Å². The molecule has 0 amide bonds. The fourth-order valence-electron chi connectivity index (χ4n) is 1.61. The minimum Gasteiger partial charge on any atom is -0.494 e. The second-order valence-corrected chi connectivity index (χ2v) is 3.37. The third-order valence-corrected chi connectivity index (χ3v) is 2.35. The monoisotopic (exact) mass is 230 g/mol. The van der Waals surface area contributed by atoms with Gasteiger partial charge in [-0.1, -0.05) is 0 Å². The molecule has 0 aliphatic rings. The summed E-state index contributed by atoms with van der Waals surface area (Å²) in [7, 11) is 1.62. The average Bonchev–Trinajstić information content (AvgIpc) is 2.40. The molecule has 0 spiro atoms. The molecule has 0 aromatic carbocycles. The Kier molecular flexibility index (Phi) is 3.55. The first kappa shape index (κ1) is 11.4. The lowest BCUT2D eigenvalue weighted by Gasteiger charge is -2.11. The van der Waals surface area contributed by atoms with Crippen LogP contribution in [0.4, 0.5) is 0 Å². The van der Waals surface area contributed by atoms with E-state index in [0.717, 1.165) is 11.1 Å². The van der Waals surface area contributed by atoms with Crippen LogP contribution in [0.25, 0.3) is 11.1 Å². The number of hydrogen-bond donors (Lipinski definition) is 0. The molecule has 0 radical (unpaired) electrons. The van der Waals surface area contributed by atoms with Gasteiger partial charge in [0, 0.05) is 23.5 Å². The van der Waals surface area contributed by atoms with Crippen LogP contribution < -0.4 is 9.47 Å². The Labute approximate surface area is 100 Å². The first-order valence-electron chi connectivity index (χ1n) is 5.43. The topological polar surface area (TPSA) is 44.2 Å². The van der Waals surface area contributed by atoms with Crippen molar-refractivity contribution in [1.82, 2.24) is 9.97 Å². The van der Waals surface area contributed by atoms with Crippen LogP contribution in [0.15, 0.2) is 36.8 Å². The van der Waals surface area contributed by atoms with Crippen LogP contribution in [0.2, 0.25) is 0 Å². The van der Waals surface area contributed by atoms with Crippen LogP contribution >= 0.6 is 0 Å². The second kappa shape index (κ2) is 5.30. The second-order valence-electron chi connectivity index (χ2n) is 3.37. The summed E-state index contributed by atoms with van der Waals surface area (Å²) < 4.78 is 10.8. The van der Waals surface area contributed by atoms with E-state index in [4.69, 9.17) is 9.47 Å². The Hall–Kier alpha value is -2.10. The molecule has 2 heterocycles. The molecule has 4 nitrogen and oxygen atoms in total. The minimum atomic E-state index is 0.581. The Morgan fingerprint density at radius 1 is 1.18 bits per heavy atom. The highest BCUT2D eigenvalue weighted by atomic mass is 16.5. The maximum atomic E-state index is 5.50. The van der Waals surface area contributed by atoms with Crippen molar-refractivity contribution in [2.75, 3.05) is 13.7 Å². The molecule has 0 fully saturated rings. The number of hydrogen-bond acceptors (Lipinski definition) is 4. The fourth-order valence-corrected chi connectivity index (χ4v) is 1.61. The largest absolute Gasteiger partial charge is 0.494 e. The molecular formula is C13H14N2O2. The number of aromatic nitrogens is 2. The SMILES string of the molecule is CCOc1ncccc1-c1ccncc1OC. The Balaban J connectivity index is 2.52. The van der Waals surface area contributed by atoms with Crippen LogP contribution in [0.1, 0.15) is 6.92 Å². The molecular weight excluding hydrogens is 216 g/mol. The number of methoxy groups -OCH3 is 1. The molecule has 17 heavy (non-hydrogen) atoms. The first-order chi connectivity index (χ1) is 8.36. The van der Waals surface area contributed by atoms with Crippen LogP contribution in [0.3, 0.4) is 0 Å². The van der Waals surface area contributed by atoms with Crippen molar-refractivity contribution in [3.63, 3.8) is 0 Å². The standard InChI is InChI=1S/C13H14N2O2/c1-3-17-13-11(5-4-7-15-13)10-6-8-14-9-12(10)16-2/h4-9H,3H2,1-2H3. The minimum absolute atomic E-state index is 0.581. The Bertz CT molecular complexity index is 500. The van der Waals surface area contributed by atoms with Crippen LogP contribution in [0, 0.1) is 0 Å². The maximum absolute atomic E-state index is 5.50. The van der Waals surface area contributed by atoms with Gasteiger partial charge in [0.2, 0.25) is 5.88 Å². The molecule has 0 saturated heterocycles. The van der Waals surface area contributed by atoms with Gasteiger partial charge >= 0.3 is 0 Å². The number of rotatable bonds is 4. The molecule has 0 N–H and O–H groups in total. The summed E-state index contributed by atoms with van der Waals surface area (Å²) in [5.74, 6) is 1.32. The molecule has 0 unspecified atom stereocenters. The summed E-state index contributed by atoms with van der Waals surface area (Å²) in [5, 5.41) is 0. The van der Waals surface area contributed by atoms with Crippen molar-refractivity contribution in [1.29, 1.82) is 0 Å². The van der Waals surface area contributed by atoms with Crippen LogP contribution in [0.5, 0.6) is 11.6 Å². The van der Waals surface area contributed by atoms with E-state index < -0.39 is 0 Å². The molecule has 0 aliphatic heterocycles. The third kappa shape index (κ3) is 2.36. The van der Waals surface area contributed by atoms with Crippen molar-refractivity contribution >= 4 is 0 Å². The van der Waals surface area contributed by atoms with Gasteiger partial charge in [0.15, 0.2) is 0 Å². The van der Waals surface area contributed by atoms with E-state index in [9.17, 15) is 0 Å². The maximum Gasteiger partial charge on any atom is 0.221 e. The predicted molar refractivity (Wildman–Crippen MR) is 65.2 cm³/mol. The molecule has 0 aliphatic carbocycles. The lowest BCUT2D eigenvalue weighted by atomic mass is 10.1. The number of pyridine rings is 2. The summed E-state index contributed by atoms with van der Waals surface area (Å²) in [4.78, 5) is 8.25. The zero-order valence-corrected chi connectivity index (χ0v) is 9.88. The Morgan fingerprint density at radius 3 is 2.82 bits per heavy atom. The van der Waals surface area contributed by atoms with E-state index in [-0.39, 0.29) is 0 Å². The van der Waals surface area contributed by atoms with E-state index in [1.807, 2.05) is 25.1 Å². The van der Waals surface area contributed by atoms with E-state index in [0.29, 0.717) is 18.2 Å². The van der Waals surface area contributed by atoms with Gasteiger partial charge in [-0.15, -0.1) is 0 Å². The van der Waals surface area contributed by atoms with Gasteiger partial charge in [-0.3, -0.25) is 4.98 Å². The van der Waals surface area contributed by atoms with Crippen molar-refractivity contribution in [2.45, 2.75) is 6.92 Å². The number of ether oxygens (including phenoxy) is 2. The smallest absolute Gasteiger partial charge is 0.221 e. The van der Waals surface area contributed by atoms with Crippen molar-refractivity contribution < 1.29 is 9.47 Å². The molecule has 0 saturated carbocycles. The van der Waals surface area contributed by atoms with Crippen molar-refractivity contribution in [3.8, 4) is 22.8 Å². The van der Waals surface area contributed by atoms with E-state index >= 15 is 0 Å². The predicted octanol–water partition coefficient (Wildman–Crippen LogP) is 2.55. The lowest BCUT2D eigenvalue weighted by molar-refractivity contribution is 0.328. The van der Waals surface area contributed by atoms with Gasteiger partial charge in [-0.2, -0.15) is 0 Å². The molecule has 2 aromatic rings. The Morgan fingerprint density at radius 2 is 2.06 bits per heavy atom. The van der Waals surface area contributed by atoms with Gasteiger partial charge < -0.3 is 9.47 Å². The van der Waals surface area contributed by atoms with Crippen molar-refractivity contribution in [3.05, 3.63) is 36.8 Å². The summed E-state index contributed by atoms with van der Waals surface area (Å²) in [5.41, 5.74) is 1.84. The average molecular weight is 230 g/mol. The zero-order chi connectivity index (χ0) is 12.1. The summed E-state index contributed by atoms with van der Waals surface area (Å²) >= 11 is 0. The summed E-state index contributed by atoms with van der Waals surface area (Å²) in [6.45, 7) is 2.51. The van der Waals surface area contributed by atoms with Crippen LogP contribution in [-0.2, 0) is 0 Å². The summed E-state index contributed by atoms with van der Waals surface area (Å²) in [6, 6.07) is 5.71. The van der Waals surface area contributed by atoms with Gasteiger partial charge in [-0.25, -0.2) is 4.98 Å². The third-order valence-electron chi connectivity index (χ3n) is 2.35. The lowest BCUT2D eigenvalue weighted by Crippen LogP contribution is -1.97. The molecule has 2 aromatic heterocycles. The normalized spacial score (nSPS) is 10.0. The highest BCUT2D eigenvalue weighted by Crippen LogP contribution is 2.33. The molecule has 0 atom stereocenters. The number of nitrogens with zero attached hydrogens (tertiary/aromatic N) is 2. The van der Waals surface area contributed by atoms with Gasteiger partial charge in [0.05, 0.1) is 19.9 Å². The van der Waals surface area contributed by atoms with E-state index in [2.05, 4.69) is 9.97 Å². The fraction of sp³-hybridized carbons (Fsp3) is 0.231. The molecule has 88 valence electrons. The van der Waals surface area contributed by atoms with Gasteiger partial charge in [-0.05, 0) is 25.1 Å². The summed E-state index contributed by atoms with van der Waals surface area (Å²) in [6.07, 6.45) is 5.11. The first-order valence-corrected chi connectivity index (χ1v) is 5.43. The van der Waals surface area contributed by atoms with E-state index in [1.165, 1.54) is 0 Å². The molecule has 4 heteroatoms. The van der Waals surface area contributed by atoms with E-state index in [1.54, 1.807) is 25.7 Å². The van der Waals surface area contributed by atoms with Gasteiger partial charge in [0.1, 0.15) is 5.75 Å². The quantitative estimate of drug-likeness (QED) is 0.809. The van der Waals surface area contributed by atoms with Crippen molar-refractivity contribution in [2.24, 2.45) is 0 Å². The zero-order valence-electron chi connectivity index (χ0n) is 9.88. The highest BCUT2D eigenvalue weighted by molar-refractivity contribution is 5.73. The highest BCUT2D eigenvalue weighted by Gasteiger charge is 2.11. The molecule has 0 bridgehead atoms.